The van der Waals surface area contributed by atoms with Crippen LogP contribution in [-0.4, -0.2) is 32.0 Å². The lowest BCUT2D eigenvalue weighted by Gasteiger charge is -2.14. The number of benzene rings is 2. The van der Waals surface area contributed by atoms with E-state index in [0.717, 1.165) is 12.1 Å². The first-order chi connectivity index (χ1) is 12.0. The molecule has 0 unspecified atom stereocenters. The van der Waals surface area contributed by atoms with Crippen molar-refractivity contribution in [3.63, 3.8) is 0 Å². The van der Waals surface area contributed by atoms with E-state index in [4.69, 9.17) is 0 Å². The molecule has 6 heteroatoms. The van der Waals surface area contributed by atoms with E-state index in [-0.39, 0.29) is 29.8 Å². The number of aryl methyl sites for hydroxylation is 1. The van der Waals surface area contributed by atoms with Crippen molar-refractivity contribution in [2.24, 2.45) is 4.99 Å². The van der Waals surface area contributed by atoms with Gasteiger partial charge in [-0.3, -0.25) is 4.99 Å². The monoisotopic (exact) mass is 470 g/mol. The van der Waals surface area contributed by atoms with Crippen LogP contribution in [0.4, 0.5) is 4.39 Å². The summed E-state index contributed by atoms with van der Waals surface area (Å²) in [4.78, 5) is 6.37. The Bertz CT molecular complexity index is 732. The van der Waals surface area contributed by atoms with Gasteiger partial charge < -0.3 is 15.5 Å². The number of rotatable bonds is 6. The largest absolute Gasteiger partial charge is 0.352 e. The van der Waals surface area contributed by atoms with Crippen molar-refractivity contribution >= 4 is 29.9 Å². The summed E-state index contributed by atoms with van der Waals surface area (Å²) >= 11 is 0. The molecule has 4 nitrogen and oxygen atoms in total. The molecular formula is C20H28FIN4. The summed E-state index contributed by atoms with van der Waals surface area (Å²) in [5, 5.41) is 6.51. The van der Waals surface area contributed by atoms with Crippen molar-refractivity contribution in [3.05, 3.63) is 70.5 Å². The molecule has 0 fully saturated rings. The van der Waals surface area contributed by atoms with Crippen LogP contribution in [0.15, 0.2) is 47.5 Å². The van der Waals surface area contributed by atoms with Crippen LogP contribution in [0.2, 0.25) is 0 Å². The summed E-state index contributed by atoms with van der Waals surface area (Å²) < 4.78 is 13.6. The number of guanidine groups is 1. The lowest BCUT2D eigenvalue weighted by molar-refractivity contribution is 0.402. The van der Waals surface area contributed by atoms with E-state index < -0.39 is 0 Å². The van der Waals surface area contributed by atoms with Crippen LogP contribution >= 0.6 is 24.0 Å². The summed E-state index contributed by atoms with van der Waals surface area (Å²) in [6, 6.07) is 13.7. The topological polar surface area (TPSA) is 39.7 Å². The molecule has 0 aliphatic heterocycles. The van der Waals surface area contributed by atoms with Crippen LogP contribution in [-0.2, 0) is 19.6 Å². The number of nitrogens with zero attached hydrogens (tertiary/aromatic N) is 2. The Morgan fingerprint density at radius 2 is 1.62 bits per heavy atom. The maximum Gasteiger partial charge on any atom is 0.191 e. The van der Waals surface area contributed by atoms with Crippen molar-refractivity contribution in [2.75, 3.05) is 21.1 Å². The smallest absolute Gasteiger partial charge is 0.191 e. The quantitative estimate of drug-likeness (QED) is 0.385. The lowest BCUT2D eigenvalue weighted by atomic mass is 10.1. The van der Waals surface area contributed by atoms with E-state index in [1.54, 1.807) is 26.1 Å². The average Bonchev–Trinajstić information content (AvgIpc) is 2.58. The number of nitrogens with one attached hydrogen (secondary N) is 2. The Balaban J connectivity index is 0.00000338. The molecule has 2 aromatic carbocycles. The van der Waals surface area contributed by atoms with Gasteiger partial charge in [-0.1, -0.05) is 36.4 Å². The Hall–Kier alpha value is -1.67. The number of hydrogen-bond donors (Lipinski definition) is 2. The zero-order chi connectivity index (χ0) is 18.2. The van der Waals surface area contributed by atoms with Crippen molar-refractivity contribution < 1.29 is 4.39 Å². The first-order valence-corrected chi connectivity index (χ1v) is 8.40. The summed E-state index contributed by atoms with van der Waals surface area (Å²) in [6.45, 7) is 3.89. The van der Waals surface area contributed by atoms with Crippen LogP contribution in [0, 0.1) is 12.7 Å². The van der Waals surface area contributed by atoms with E-state index in [9.17, 15) is 4.39 Å². The molecule has 0 aliphatic carbocycles. The first kappa shape index (κ1) is 22.4. The lowest BCUT2D eigenvalue weighted by Crippen LogP contribution is -2.36. The molecule has 26 heavy (non-hydrogen) atoms. The second-order valence-electron chi connectivity index (χ2n) is 6.42. The third-order valence-corrected chi connectivity index (χ3v) is 3.87. The standard InChI is InChI=1S/C20H27FN4.HI/c1-15-8-9-17(11-19(15)21)13-24-20(22-2)23-12-16-6-5-7-18(10-16)14-25(3)4;/h5-11H,12-14H2,1-4H3,(H2,22,23,24);1H. The Morgan fingerprint density at radius 1 is 1.00 bits per heavy atom. The SMILES string of the molecule is CN=C(NCc1cccc(CN(C)C)c1)NCc1ccc(C)c(F)c1.I. The van der Waals surface area contributed by atoms with Gasteiger partial charge in [-0.2, -0.15) is 0 Å². The number of halogens is 2. The van der Waals surface area contributed by atoms with Gasteiger partial charge in [0.1, 0.15) is 5.82 Å². The summed E-state index contributed by atoms with van der Waals surface area (Å²) in [5.74, 6) is 0.513. The zero-order valence-corrected chi connectivity index (χ0v) is 18.2. The van der Waals surface area contributed by atoms with Crippen molar-refractivity contribution in [2.45, 2.75) is 26.6 Å². The molecule has 0 aromatic heterocycles. The molecule has 0 heterocycles. The maximum absolute atomic E-state index is 13.6. The average molecular weight is 470 g/mol. The predicted octanol–water partition coefficient (Wildman–Crippen LogP) is 3.68. The van der Waals surface area contributed by atoms with Crippen molar-refractivity contribution in [3.8, 4) is 0 Å². The normalized spacial score (nSPS) is 11.2. The Morgan fingerprint density at radius 3 is 2.19 bits per heavy atom. The highest BCUT2D eigenvalue weighted by atomic mass is 127. The van der Waals surface area contributed by atoms with E-state index in [1.165, 1.54) is 11.1 Å². The molecule has 0 spiro atoms. The fourth-order valence-electron chi connectivity index (χ4n) is 2.54. The van der Waals surface area contributed by atoms with Gasteiger partial charge in [0.2, 0.25) is 0 Å². The third kappa shape index (κ3) is 7.29. The van der Waals surface area contributed by atoms with Crippen molar-refractivity contribution in [1.82, 2.24) is 15.5 Å². The molecular weight excluding hydrogens is 442 g/mol. The molecule has 0 atom stereocenters. The number of hydrogen-bond acceptors (Lipinski definition) is 2. The van der Waals surface area contributed by atoms with E-state index in [2.05, 4.69) is 58.9 Å². The highest BCUT2D eigenvalue weighted by molar-refractivity contribution is 14.0. The van der Waals surface area contributed by atoms with Crippen LogP contribution in [0.25, 0.3) is 0 Å². The number of aliphatic imine (C=N–C) groups is 1. The maximum atomic E-state index is 13.6. The second kappa shape index (κ2) is 11.1. The molecule has 0 aliphatic rings. The van der Waals surface area contributed by atoms with E-state index in [1.807, 2.05) is 6.07 Å². The van der Waals surface area contributed by atoms with Gasteiger partial charge in [0.25, 0.3) is 0 Å². The van der Waals surface area contributed by atoms with Crippen LogP contribution < -0.4 is 10.6 Å². The minimum Gasteiger partial charge on any atom is -0.352 e. The first-order valence-electron chi connectivity index (χ1n) is 8.40. The third-order valence-electron chi connectivity index (χ3n) is 3.87. The molecule has 142 valence electrons. The van der Waals surface area contributed by atoms with Gasteiger partial charge in [0.15, 0.2) is 5.96 Å². The molecule has 2 N–H and O–H groups in total. The minimum atomic E-state index is -0.181. The molecule has 0 saturated heterocycles. The second-order valence-corrected chi connectivity index (χ2v) is 6.42. The van der Waals surface area contributed by atoms with Crippen LogP contribution in [0.3, 0.4) is 0 Å². The molecule has 0 bridgehead atoms. The van der Waals surface area contributed by atoms with E-state index in [0.29, 0.717) is 24.6 Å². The summed E-state index contributed by atoms with van der Waals surface area (Å²) in [5.41, 5.74) is 4.02. The summed E-state index contributed by atoms with van der Waals surface area (Å²) in [7, 11) is 5.85. The van der Waals surface area contributed by atoms with Gasteiger partial charge >= 0.3 is 0 Å². The molecule has 0 amide bonds. The minimum absolute atomic E-state index is 0. The highest BCUT2D eigenvalue weighted by Crippen LogP contribution is 2.09. The molecule has 2 rings (SSSR count). The van der Waals surface area contributed by atoms with Gasteiger partial charge in [-0.15, -0.1) is 24.0 Å². The van der Waals surface area contributed by atoms with Crippen LogP contribution in [0.5, 0.6) is 0 Å². The fourth-order valence-corrected chi connectivity index (χ4v) is 2.54. The van der Waals surface area contributed by atoms with Gasteiger partial charge in [0, 0.05) is 26.7 Å². The highest BCUT2D eigenvalue weighted by Gasteiger charge is 2.03. The molecule has 2 aromatic rings. The van der Waals surface area contributed by atoms with Gasteiger partial charge in [-0.25, -0.2) is 4.39 Å². The molecule has 0 radical (unpaired) electrons. The Kier molecular flexibility index (Phi) is 9.58. The molecule has 0 saturated carbocycles. The fraction of sp³-hybridized carbons (Fsp3) is 0.350. The van der Waals surface area contributed by atoms with Crippen LogP contribution in [0.1, 0.15) is 22.3 Å². The van der Waals surface area contributed by atoms with E-state index >= 15 is 0 Å². The van der Waals surface area contributed by atoms with Crippen molar-refractivity contribution in [1.29, 1.82) is 0 Å². The zero-order valence-electron chi connectivity index (χ0n) is 15.8. The predicted molar refractivity (Wildman–Crippen MR) is 117 cm³/mol. The summed E-state index contributed by atoms with van der Waals surface area (Å²) in [6.07, 6.45) is 0. The van der Waals surface area contributed by atoms with Gasteiger partial charge in [-0.05, 0) is 49.3 Å². The van der Waals surface area contributed by atoms with Gasteiger partial charge in [0.05, 0.1) is 0 Å². The Labute approximate surface area is 172 Å².